The lowest BCUT2D eigenvalue weighted by atomic mass is 10.2. The molecule has 5 heterocycles. The Morgan fingerprint density at radius 3 is 3.21 bits per heavy atom. The molecular weight excluding hydrogens is 238 g/mol. The van der Waals surface area contributed by atoms with E-state index in [9.17, 15) is 0 Å². The molecule has 1 aliphatic rings. The second-order valence-corrected chi connectivity index (χ2v) is 4.83. The van der Waals surface area contributed by atoms with E-state index in [1.807, 2.05) is 30.6 Å². The predicted octanol–water partition coefficient (Wildman–Crippen LogP) is 2.40. The van der Waals surface area contributed by atoms with E-state index in [2.05, 4.69) is 32.3 Å². The van der Waals surface area contributed by atoms with Crippen molar-refractivity contribution in [2.24, 2.45) is 0 Å². The summed E-state index contributed by atoms with van der Waals surface area (Å²) in [5.41, 5.74) is 5.36. The van der Waals surface area contributed by atoms with Crippen molar-refractivity contribution in [3.63, 3.8) is 0 Å². The van der Waals surface area contributed by atoms with Crippen LogP contribution in [0.2, 0.25) is 0 Å². The van der Waals surface area contributed by atoms with Gasteiger partial charge in [-0.2, -0.15) is 0 Å². The van der Waals surface area contributed by atoms with Gasteiger partial charge in [0.15, 0.2) is 6.54 Å². The highest BCUT2D eigenvalue weighted by atomic mass is 16.4. The zero-order valence-electron chi connectivity index (χ0n) is 10.1. The van der Waals surface area contributed by atoms with Crippen molar-refractivity contribution in [1.82, 2.24) is 9.38 Å². The average molecular weight is 248 g/mol. The van der Waals surface area contributed by atoms with Gasteiger partial charge in [0.1, 0.15) is 11.3 Å². The standard InChI is InChI=1S/C15H10N3O/c1-2-7-17-9-13-14(12(17)5-1)19-15-10-4-3-6-16-11(10)8-18(13)15/h1-7,9H,8H2/q+1. The zero-order chi connectivity index (χ0) is 12.4. The van der Waals surface area contributed by atoms with Crippen molar-refractivity contribution in [3.8, 4) is 11.5 Å². The monoisotopic (exact) mass is 248 g/mol. The van der Waals surface area contributed by atoms with Crippen LogP contribution in [-0.2, 0) is 6.54 Å². The molecule has 4 heteroatoms. The molecule has 1 aliphatic heterocycles. The Labute approximate surface area is 108 Å². The van der Waals surface area contributed by atoms with Crippen molar-refractivity contribution >= 4 is 16.6 Å². The summed E-state index contributed by atoms with van der Waals surface area (Å²) in [5, 5.41) is 0. The van der Waals surface area contributed by atoms with E-state index in [0.29, 0.717) is 0 Å². The Balaban J connectivity index is 1.93. The number of oxazole rings is 1. The molecule has 5 rings (SSSR count). The van der Waals surface area contributed by atoms with Crippen LogP contribution in [0.1, 0.15) is 5.69 Å². The van der Waals surface area contributed by atoms with E-state index in [0.717, 1.165) is 40.3 Å². The van der Waals surface area contributed by atoms with E-state index in [1.54, 1.807) is 0 Å². The maximum Gasteiger partial charge on any atom is 0.384 e. The van der Waals surface area contributed by atoms with Crippen LogP contribution < -0.4 is 4.57 Å². The van der Waals surface area contributed by atoms with Gasteiger partial charge in [-0.3, -0.25) is 4.98 Å². The van der Waals surface area contributed by atoms with Gasteiger partial charge >= 0.3 is 5.89 Å². The van der Waals surface area contributed by atoms with E-state index in [4.69, 9.17) is 4.42 Å². The highest BCUT2D eigenvalue weighted by Crippen LogP contribution is 2.32. The molecule has 0 saturated heterocycles. The van der Waals surface area contributed by atoms with Crippen LogP contribution in [0.3, 0.4) is 0 Å². The van der Waals surface area contributed by atoms with Crippen molar-refractivity contribution in [3.05, 3.63) is 54.6 Å². The first-order chi connectivity index (χ1) is 9.42. The number of rotatable bonds is 0. The normalized spacial score (nSPS) is 13.1. The van der Waals surface area contributed by atoms with Crippen molar-refractivity contribution in [2.45, 2.75) is 6.54 Å². The molecule has 0 radical (unpaired) electrons. The van der Waals surface area contributed by atoms with Gasteiger partial charge in [-0.1, -0.05) is 6.07 Å². The molecule has 90 valence electrons. The molecule has 0 saturated carbocycles. The highest BCUT2D eigenvalue weighted by Gasteiger charge is 2.35. The van der Waals surface area contributed by atoms with Crippen LogP contribution >= 0.6 is 0 Å². The Morgan fingerprint density at radius 1 is 1.21 bits per heavy atom. The minimum Gasteiger partial charge on any atom is -0.395 e. The maximum absolute atomic E-state index is 6.09. The SMILES string of the molecule is c1cnc2c(c1)-c1oc3c4ccccn4cc3[n+]1C2. The molecule has 0 fully saturated rings. The van der Waals surface area contributed by atoms with E-state index < -0.39 is 0 Å². The number of fused-ring (bicyclic) bond motifs is 7. The van der Waals surface area contributed by atoms with Gasteiger partial charge in [0.2, 0.25) is 5.58 Å². The molecule has 4 nitrogen and oxygen atoms in total. The molecule has 0 amide bonds. The largest absolute Gasteiger partial charge is 0.395 e. The Morgan fingerprint density at radius 2 is 2.21 bits per heavy atom. The van der Waals surface area contributed by atoms with Gasteiger partial charge < -0.3 is 8.82 Å². The summed E-state index contributed by atoms with van der Waals surface area (Å²) in [5.74, 6) is 0.916. The smallest absolute Gasteiger partial charge is 0.384 e. The molecule has 4 aromatic heterocycles. The average Bonchev–Trinajstić information content (AvgIpc) is 3.07. The topological polar surface area (TPSA) is 34.3 Å². The highest BCUT2D eigenvalue weighted by molar-refractivity contribution is 5.89. The minimum atomic E-state index is 0.787. The lowest BCUT2D eigenvalue weighted by Crippen LogP contribution is -2.30. The Hall–Kier alpha value is -2.62. The van der Waals surface area contributed by atoms with Crippen LogP contribution in [0, 0.1) is 0 Å². The second-order valence-electron chi connectivity index (χ2n) is 4.83. The molecule has 0 unspecified atom stereocenters. The molecule has 0 aliphatic carbocycles. The van der Waals surface area contributed by atoms with Crippen molar-refractivity contribution < 1.29 is 8.98 Å². The molecule has 0 atom stereocenters. The minimum absolute atomic E-state index is 0.787. The number of aromatic nitrogens is 3. The fourth-order valence-electron chi connectivity index (χ4n) is 2.91. The quantitative estimate of drug-likeness (QED) is 0.394. The maximum atomic E-state index is 6.09. The summed E-state index contributed by atoms with van der Waals surface area (Å²) in [4.78, 5) is 4.42. The molecular formula is C15H10N3O+. The van der Waals surface area contributed by atoms with Gasteiger partial charge in [-0.15, -0.1) is 4.57 Å². The fraction of sp³-hybridized carbons (Fsp3) is 0.0667. The van der Waals surface area contributed by atoms with Gasteiger partial charge in [-0.25, -0.2) is 0 Å². The van der Waals surface area contributed by atoms with Crippen molar-refractivity contribution in [1.29, 1.82) is 0 Å². The molecule has 0 spiro atoms. The van der Waals surface area contributed by atoms with Crippen LogP contribution in [0.5, 0.6) is 0 Å². The van der Waals surface area contributed by atoms with E-state index in [1.165, 1.54) is 0 Å². The van der Waals surface area contributed by atoms with Crippen molar-refractivity contribution in [2.75, 3.05) is 0 Å². The summed E-state index contributed by atoms with van der Waals surface area (Å²) < 4.78 is 10.4. The fourth-order valence-corrected chi connectivity index (χ4v) is 2.91. The lowest BCUT2D eigenvalue weighted by Gasteiger charge is -1.90. The number of nitrogens with zero attached hydrogens (tertiary/aromatic N) is 3. The van der Waals surface area contributed by atoms with Gasteiger partial charge in [-0.05, 0) is 24.3 Å². The van der Waals surface area contributed by atoms with Gasteiger partial charge in [0.25, 0.3) is 5.52 Å². The van der Waals surface area contributed by atoms with Gasteiger partial charge in [0.05, 0.1) is 11.7 Å². The van der Waals surface area contributed by atoms with Crippen LogP contribution in [0.4, 0.5) is 0 Å². The lowest BCUT2D eigenvalue weighted by molar-refractivity contribution is -0.649. The Bertz CT molecular complexity index is 949. The molecule has 0 aromatic carbocycles. The predicted molar refractivity (Wildman–Crippen MR) is 69.7 cm³/mol. The summed E-state index contributed by atoms with van der Waals surface area (Å²) >= 11 is 0. The number of hydrogen-bond acceptors (Lipinski definition) is 2. The van der Waals surface area contributed by atoms with Gasteiger partial charge in [0, 0.05) is 12.4 Å². The summed E-state index contributed by atoms with van der Waals surface area (Å²) in [7, 11) is 0. The number of hydrogen-bond donors (Lipinski definition) is 0. The molecule has 4 aromatic rings. The first-order valence-corrected chi connectivity index (χ1v) is 6.28. The van der Waals surface area contributed by atoms with E-state index >= 15 is 0 Å². The first kappa shape index (κ1) is 9.33. The third-order valence-corrected chi connectivity index (χ3v) is 3.78. The van der Waals surface area contributed by atoms with Crippen LogP contribution in [0.15, 0.2) is 53.3 Å². The second kappa shape index (κ2) is 3.03. The summed E-state index contributed by atoms with van der Waals surface area (Å²) in [6, 6.07) is 10.1. The first-order valence-electron chi connectivity index (χ1n) is 6.28. The van der Waals surface area contributed by atoms with E-state index in [-0.39, 0.29) is 0 Å². The van der Waals surface area contributed by atoms with Crippen LogP contribution in [0.25, 0.3) is 28.1 Å². The number of pyridine rings is 2. The third-order valence-electron chi connectivity index (χ3n) is 3.78. The Kier molecular flexibility index (Phi) is 1.49. The summed E-state index contributed by atoms with van der Waals surface area (Å²) in [6.45, 7) is 0.787. The molecule has 0 N–H and O–H groups in total. The van der Waals surface area contributed by atoms with Crippen LogP contribution in [-0.4, -0.2) is 9.38 Å². The summed E-state index contributed by atoms with van der Waals surface area (Å²) in [6.07, 6.45) is 5.99. The molecule has 0 bridgehead atoms. The molecule has 19 heavy (non-hydrogen) atoms. The third kappa shape index (κ3) is 1.04. The zero-order valence-corrected chi connectivity index (χ0v) is 10.1.